The minimum Gasteiger partial charge on any atom is -0.399 e. The van der Waals surface area contributed by atoms with Crippen LogP contribution in [-0.4, -0.2) is 9.97 Å². The second kappa shape index (κ2) is 4.67. The molecule has 2 heterocycles. The van der Waals surface area contributed by atoms with Gasteiger partial charge in [-0.1, -0.05) is 11.6 Å². The van der Waals surface area contributed by atoms with Crippen molar-refractivity contribution in [1.29, 1.82) is 0 Å². The third-order valence-corrected chi connectivity index (χ3v) is 3.04. The summed E-state index contributed by atoms with van der Waals surface area (Å²) in [5, 5.41) is 4.59. The first-order chi connectivity index (χ1) is 7.63. The number of thiazole rings is 1. The van der Waals surface area contributed by atoms with Crippen LogP contribution in [0.5, 0.6) is 0 Å². The van der Waals surface area contributed by atoms with Crippen molar-refractivity contribution in [1.82, 2.24) is 9.97 Å². The number of halogens is 1. The van der Waals surface area contributed by atoms with Crippen LogP contribution in [0.15, 0.2) is 18.3 Å². The Morgan fingerprint density at radius 1 is 1.50 bits per heavy atom. The molecule has 0 spiro atoms. The smallest absolute Gasteiger partial charge is 0.133 e. The van der Waals surface area contributed by atoms with E-state index in [-0.39, 0.29) is 0 Å². The van der Waals surface area contributed by atoms with E-state index in [1.165, 1.54) is 0 Å². The van der Waals surface area contributed by atoms with Gasteiger partial charge in [0.05, 0.1) is 11.6 Å². The lowest BCUT2D eigenvalue weighted by Gasteiger charge is -2.04. The lowest BCUT2D eigenvalue weighted by Crippen LogP contribution is -2.00. The maximum absolute atomic E-state index is 5.80. The number of hydrogen-bond donors (Lipinski definition) is 2. The van der Waals surface area contributed by atoms with Gasteiger partial charge in [0.1, 0.15) is 11.0 Å². The van der Waals surface area contributed by atoms with Crippen LogP contribution in [0.1, 0.15) is 9.88 Å². The number of nitrogens with one attached hydrogen (secondary N) is 1. The predicted molar refractivity (Wildman–Crippen MR) is 67.8 cm³/mol. The molecule has 2 rings (SSSR count). The molecule has 84 valence electrons. The van der Waals surface area contributed by atoms with Gasteiger partial charge in [-0.3, -0.25) is 0 Å². The molecule has 0 unspecified atom stereocenters. The maximum Gasteiger partial charge on any atom is 0.133 e. The summed E-state index contributed by atoms with van der Waals surface area (Å²) in [5.41, 5.74) is 6.26. The summed E-state index contributed by atoms with van der Waals surface area (Å²) in [5.74, 6) is 0.677. The van der Waals surface area contributed by atoms with Gasteiger partial charge in [-0.15, -0.1) is 11.3 Å². The standard InChI is InChI=1S/C10H11ClN4S/c1-6-13-4-8(16-6)5-14-10-3-7(12)2-9(11)15-10/h2-4H,5H2,1H3,(H3,12,14,15). The normalized spacial score (nSPS) is 10.4. The number of rotatable bonds is 3. The van der Waals surface area contributed by atoms with E-state index in [1.807, 2.05) is 13.1 Å². The zero-order valence-electron chi connectivity index (χ0n) is 8.70. The fourth-order valence-corrected chi connectivity index (χ4v) is 2.22. The lowest BCUT2D eigenvalue weighted by atomic mass is 10.4. The van der Waals surface area contributed by atoms with E-state index in [0.717, 1.165) is 9.88 Å². The SMILES string of the molecule is Cc1ncc(CNc2cc(N)cc(Cl)n2)s1. The molecular formula is C10H11ClN4S. The van der Waals surface area contributed by atoms with Gasteiger partial charge in [-0.2, -0.15) is 0 Å². The van der Waals surface area contributed by atoms with Crippen LogP contribution in [0.25, 0.3) is 0 Å². The van der Waals surface area contributed by atoms with Crippen molar-refractivity contribution in [2.45, 2.75) is 13.5 Å². The van der Waals surface area contributed by atoms with Gasteiger partial charge >= 0.3 is 0 Å². The fraction of sp³-hybridized carbons (Fsp3) is 0.200. The Bertz CT molecular complexity index is 477. The molecule has 16 heavy (non-hydrogen) atoms. The number of nitrogen functional groups attached to an aromatic ring is 1. The van der Waals surface area contributed by atoms with E-state index < -0.39 is 0 Å². The molecule has 0 aromatic carbocycles. The second-order valence-electron chi connectivity index (χ2n) is 3.31. The fourth-order valence-electron chi connectivity index (χ4n) is 1.27. The highest BCUT2D eigenvalue weighted by atomic mass is 35.5. The van der Waals surface area contributed by atoms with Crippen LogP contribution in [0.2, 0.25) is 5.15 Å². The Labute approximate surface area is 102 Å². The minimum atomic E-state index is 0.392. The summed E-state index contributed by atoms with van der Waals surface area (Å²) >= 11 is 7.44. The van der Waals surface area contributed by atoms with Gasteiger partial charge in [0.15, 0.2) is 0 Å². The molecular weight excluding hydrogens is 244 g/mol. The van der Waals surface area contributed by atoms with Gasteiger partial charge < -0.3 is 11.1 Å². The zero-order valence-corrected chi connectivity index (χ0v) is 10.3. The molecule has 2 aromatic rings. The Kier molecular flexibility index (Phi) is 3.26. The van der Waals surface area contributed by atoms with Crippen molar-refractivity contribution in [3.05, 3.63) is 33.4 Å². The van der Waals surface area contributed by atoms with Crippen molar-refractivity contribution >= 4 is 34.4 Å². The monoisotopic (exact) mass is 254 g/mol. The summed E-state index contributed by atoms with van der Waals surface area (Å²) in [6, 6.07) is 3.36. The number of aryl methyl sites for hydroxylation is 1. The summed E-state index contributed by atoms with van der Waals surface area (Å²) in [4.78, 5) is 9.44. The topological polar surface area (TPSA) is 63.8 Å². The minimum absolute atomic E-state index is 0.392. The van der Waals surface area contributed by atoms with Crippen molar-refractivity contribution in [3.63, 3.8) is 0 Å². The van der Waals surface area contributed by atoms with Crippen molar-refractivity contribution in [3.8, 4) is 0 Å². The Morgan fingerprint density at radius 3 is 2.94 bits per heavy atom. The number of hydrogen-bond acceptors (Lipinski definition) is 5. The molecule has 4 nitrogen and oxygen atoms in total. The first kappa shape index (κ1) is 11.2. The van der Waals surface area contributed by atoms with Crippen LogP contribution in [0, 0.1) is 6.92 Å². The average molecular weight is 255 g/mol. The van der Waals surface area contributed by atoms with Gasteiger partial charge in [0, 0.05) is 22.8 Å². The number of nitrogens with two attached hydrogens (primary N) is 1. The summed E-state index contributed by atoms with van der Waals surface area (Å²) in [7, 11) is 0. The molecule has 0 radical (unpaired) electrons. The van der Waals surface area contributed by atoms with Gasteiger partial charge in [-0.25, -0.2) is 9.97 Å². The molecule has 0 fully saturated rings. The first-order valence-corrected chi connectivity index (χ1v) is 5.91. The van der Waals surface area contributed by atoms with Gasteiger partial charge in [0.25, 0.3) is 0 Å². The molecule has 0 atom stereocenters. The predicted octanol–water partition coefficient (Wildman–Crippen LogP) is 2.69. The van der Waals surface area contributed by atoms with E-state index >= 15 is 0 Å². The number of aromatic nitrogens is 2. The van der Waals surface area contributed by atoms with Crippen molar-refractivity contribution in [2.24, 2.45) is 0 Å². The molecule has 2 aromatic heterocycles. The Balaban J connectivity index is 2.04. The van der Waals surface area contributed by atoms with Crippen LogP contribution in [0.4, 0.5) is 11.5 Å². The summed E-state index contributed by atoms with van der Waals surface area (Å²) in [6.07, 6.45) is 1.85. The second-order valence-corrected chi connectivity index (χ2v) is 5.01. The van der Waals surface area contributed by atoms with Gasteiger partial charge in [0.2, 0.25) is 0 Å². The summed E-state index contributed by atoms with van der Waals surface area (Å²) < 4.78 is 0. The molecule has 0 saturated heterocycles. The third-order valence-electron chi connectivity index (χ3n) is 1.93. The van der Waals surface area contributed by atoms with Crippen molar-refractivity contribution in [2.75, 3.05) is 11.1 Å². The van der Waals surface area contributed by atoms with Crippen LogP contribution in [-0.2, 0) is 6.54 Å². The van der Waals surface area contributed by atoms with Crippen LogP contribution in [0.3, 0.4) is 0 Å². The number of nitrogens with zero attached hydrogens (tertiary/aromatic N) is 2. The Morgan fingerprint density at radius 2 is 2.31 bits per heavy atom. The van der Waals surface area contributed by atoms with Crippen LogP contribution < -0.4 is 11.1 Å². The molecule has 3 N–H and O–H groups in total. The largest absolute Gasteiger partial charge is 0.399 e. The molecule has 0 aliphatic heterocycles. The quantitative estimate of drug-likeness (QED) is 0.827. The molecule has 0 bridgehead atoms. The van der Waals surface area contributed by atoms with Crippen molar-refractivity contribution < 1.29 is 0 Å². The highest BCUT2D eigenvalue weighted by Gasteiger charge is 2.01. The average Bonchev–Trinajstić information content (AvgIpc) is 2.60. The highest BCUT2D eigenvalue weighted by molar-refractivity contribution is 7.11. The van der Waals surface area contributed by atoms with E-state index in [4.69, 9.17) is 17.3 Å². The first-order valence-electron chi connectivity index (χ1n) is 4.72. The molecule has 0 amide bonds. The molecule has 0 saturated carbocycles. The zero-order chi connectivity index (χ0) is 11.5. The third kappa shape index (κ3) is 2.84. The molecule has 0 aliphatic rings. The summed E-state index contributed by atoms with van der Waals surface area (Å²) in [6.45, 7) is 2.65. The number of anilines is 2. The van der Waals surface area contributed by atoms with E-state index in [9.17, 15) is 0 Å². The molecule has 0 aliphatic carbocycles. The maximum atomic E-state index is 5.80. The Hall–Kier alpha value is -1.33. The van der Waals surface area contributed by atoms with E-state index in [0.29, 0.717) is 23.2 Å². The molecule has 6 heteroatoms. The number of pyridine rings is 1. The highest BCUT2D eigenvalue weighted by Crippen LogP contribution is 2.18. The van der Waals surface area contributed by atoms with Gasteiger partial charge in [-0.05, 0) is 13.0 Å². The van der Waals surface area contributed by atoms with E-state index in [1.54, 1.807) is 23.5 Å². The van der Waals surface area contributed by atoms with E-state index in [2.05, 4.69) is 15.3 Å². The van der Waals surface area contributed by atoms with Crippen LogP contribution >= 0.6 is 22.9 Å². The lowest BCUT2D eigenvalue weighted by molar-refractivity contribution is 1.13.